The number of benzene rings is 1. The van der Waals surface area contributed by atoms with Gasteiger partial charge in [0.05, 0.1) is 18.6 Å². The quantitative estimate of drug-likeness (QED) is 0.721. The first-order chi connectivity index (χ1) is 13.8. The molecule has 7 heteroatoms. The Morgan fingerprint density at radius 2 is 2.03 bits per heavy atom. The van der Waals surface area contributed by atoms with Gasteiger partial charge in [-0.3, -0.25) is 14.5 Å². The molecule has 4 atom stereocenters. The molecule has 0 aromatic heterocycles. The number of likely N-dealkylation sites (N-methyl/N-ethyl adjacent to an activating group) is 1. The van der Waals surface area contributed by atoms with Crippen molar-refractivity contribution < 1.29 is 28.5 Å². The summed E-state index contributed by atoms with van der Waals surface area (Å²) in [6.45, 7) is 3.68. The van der Waals surface area contributed by atoms with Crippen molar-refractivity contribution in [1.82, 2.24) is 4.90 Å². The molecule has 4 aliphatic rings. The van der Waals surface area contributed by atoms with Crippen LogP contribution in [0.1, 0.15) is 37.8 Å². The number of esters is 2. The van der Waals surface area contributed by atoms with Gasteiger partial charge < -0.3 is 18.9 Å². The van der Waals surface area contributed by atoms with Crippen LogP contribution in [0, 0.1) is 0 Å². The molecule has 0 amide bonds. The Balaban J connectivity index is 1.82. The molecule has 0 saturated carbocycles. The molecular formula is C22H25NO6. The van der Waals surface area contributed by atoms with E-state index in [4.69, 9.17) is 18.9 Å². The zero-order valence-electron chi connectivity index (χ0n) is 17.1. The van der Waals surface area contributed by atoms with E-state index < -0.39 is 17.1 Å². The molecule has 2 bridgehead atoms. The van der Waals surface area contributed by atoms with E-state index in [-0.39, 0.29) is 18.0 Å². The number of rotatable bonds is 3. The highest BCUT2D eigenvalue weighted by molar-refractivity contribution is 5.71. The van der Waals surface area contributed by atoms with E-state index >= 15 is 0 Å². The molecule has 1 aromatic carbocycles. The Bertz CT molecular complexity index is 955. The summed E-state index contributed by atoms with van der Waals surface area (Å²) in [7, 11) is 3.69. The van der Waals surface area contributed by atoms with Crippen LogP contribution in [0.4, 0.5) is 0 Å². The van der Waals surface area contributed by atoms with Crippen LogP contribution in [-0.4, -0.2) is 55.3 Å². The fourth-order valence-corrected chi connectivity index (χ4v) is 6.18. The SMILES string of the molecule is COc1ccc2c3c1O[C@H]1C(OC(C)=O)=CC[C@@]4(OC(C)=O)[C@@H](C2)N(C)CC[C@]314. The third-order valence-electron chi connectivity index (χ3n) is 7.11. The Kier molecular flexibility index (Phi) is 3.81. The molecule has 2 heterocycles. The molecule has 1 saturated heterocycles. The Labute approximate surface area is 169 Å². The van der Waals surface area contributed by atoms with Crippen molar-refractivity contribution in [2.45, 2.75) is 56.3 Å². The fourth-order valence-electron chi connectivity index (χ4n) is 6.18. The molecule has 0 unspecified atom stereocenters. The first-order valence-electron chi connectivity index (χ1n) is 9.99. The second kappa shape index (κ2) is 5.98. The van der Waals surface area contributed by atoms with E-state index in [2.05, 4.69) is 18.0 Å². The summed E-state index contributed by atoms with van der Waals surface area (Å²) in [6, 6.07) is 4.01. The van der Waals surface area contributed by atoms with Gasteiger partial charge >= 0.3 is 11.9 Å². The number of hydrogen-bond acceptors (Lipinski definition) is 7. The number of nitrogens with zero attached hydrogens (tertiary/aromatic N) is 1. The molecule has 7 nitrogen and oxygen atoms in total. The smallest absolute Gasteiger partial charge is 0.307 e. The summed E-state index contributed by atoms with van der Waals surface area (Å²) >= 11 is 0. The molecule has 29 heavy (non-hydrogen) atoms. The van der Waals surface area contributed by atoms with Gasteiger partial charge in [-0.1, -0.05) is 6.07 Å². The topological polar surface area (TPSA) is 74.3 Å². The molecule has 2 aliphatic carbocycles. The van der Waals surface area contributed by atoms with Crippen LogP contribution in [0.25, 0.3) is 0 Å². The van der Waals surface area contributed by atoms with Crippen molar-refractivity contribution in [2.24, 2.45) is 0 Å². The maximum atomic E-state index is 12.3. The first-order valence-corrected chi connectivity index (χ1v) is 9.99. The van der Waals surface area contributed by atoms with Crippen LogP contribution in [-0.2, 0) is 30.9 Å². The summed E-state index contributed by atoms with van der Waals surface area (Å²) < 4.78 is 23.9. The average Bonchev–Trinajstić information content (AvgIpc) is 3.01. The van der Waals surface area contributed by atoms with Gasteiger partial charge in [-0.15, -0.1) is 0 Å². The van der Waals surface area contributed by atoms with E-state index in [1.165, 1.54) is 19.4 Å². The minimum Gasteiger partial charge on any atom is -0.493 e. The Morgan fingerprint density at radius 3 is 2.72 bits per heavy atom. The predicted molar refractivity (Wildman–Crippen MR) is 103 cm³/mol. The third kappa shape index (κ3) is 2.16. The summed E-state index contributed by atoms with van der Waals surface area (Å²) in [5, 5.41) is 0. The minimum atomic E-state index is -0.787. The summed E-state index contributed by atoms with van der Waals surface area (Å²) in [5.74, 6) is 1.11. The van der Waals surface area contributed by atoms with E-state index in [1.807, 2.05) is 12.1 Å². The van der Waals surface area contributed by atoms with Crippen molar-refractivity contribution in [3.05, 3.63) is 35.1 Å². The summed E-state index contributed by atoms with van der Waals surface area (Å²) in [4.78, 5) is 26.4. The van der Waals surface area contributed by atoms with Gasteiger partial charge in [-0.05, 0) is 44.1 Å². The maximum absolute atomic E-state index is 12.3. The lowest BCUT2D eigenvalue weighted by Crippen LogP contribution is -2.75. The van der Waals surface area contributed by atoms with Crippen LogP contribution in [0.15, 0.2) is 24.0 Å². The first kappa shape index (κ1) is 18.5. The summed E-state index contributed by atoms with van der Waals surface area (Å²) in [5.41, 5.74) is 0.814. The molecule has 154 valence electrons. The van der Waals surface area contributed by atoms with Crippen molar-refractivity contribution in [3.8, 4) is 11.5 Å². The highest BCUT2D eigenvalue weighted by Crippen LogP contribution is 2.66. The van der Waals surface area contributed by atoms with E-state index in [0.29, 0.717) is 23.7 Å². The normalized spacial score (nSPS) is 33.9. The van der Waals surface area contributed by atoms with Gasteiger partial charge in [-0.25, -0.2) is 0 Å². The van der Waals surface area contributed by atoms with E-state index in [0.717, 1.165) is 24.9 Å². The number of hydrogen-bond donors (Lipinski definition) is 0. The van der Waals surface area contributed by atoms with Crippen LogP contribution >= 0.6 is 0 Å². The van der Waals surface area contributed by atoms with Crippen LogP contribution in [0.3, 0.4) is 0 Å². The zero-order chi connectivity index (χ0) is 20.6. The maximum Gasteiger partial charge on any atom is 0.307 e. The lowest BCUT2D eigenvalue weighted by atomic mass is 9.50. The van der Waals surface area contributed by atoms with E-state index in [1.54, 1.807) is 7.11 Å². The lowest BCUT2D eigenvalue weighted by Gasteiger charge is -2.62. The van der Waals surface area contributed by atoms with Crippen LogP contribution in [0.2, 0.25) is 0 Å². The van der Waals surface area contributed by atoms with Crippen molar-refractivity contribution >= 4 is 11.9 Å². The lowest BCUT2D eigenvalue weighted by molar-refractivity contribution is -0.204. The number of likely N-dealkylation sites (tertiary alicyclic amines) is 1. The van der Waals surface area contributed by atoms with Gasteiger partial charge in [0.25, 0.3) is 0 Å². The highest BCUT2D eigenvalue weighted by atomic mass is 16.6. The largest absolute Gasteiger partial charge is 0.493 e. The number of ether oxygens (including phenoxy) is 4. The Morgan fingerprint density at radius 1 is 1.24 bits per heavy atom. The van der Waals surface area contributed by atoms with E-state index in [9.17, 15) is 9.59 Å². The third-order valence-corrected chi connectivity index (χ3v) is 7.11. The molecule has 1 aromatic rings. The van der Waals surface area contributed by atoms with Gasteiger partial charge in [0.1, 0.15) is 11.4 Å². The average molecular weight is 399 g/mol. The predicted octanol–water partition coefficient (Wildman–Crippen LogP) is 2.11. The van der Waals surface area contributed by atoms with Gasteiger partial charge in [0, 0.05) is 25.8 Å². The number of methoxy groups -OCH3 is 1. The molecular weight excluding hydrogens is 374 g/mol. The summed E-state index contributed by atoms with van der Waals surface area (Å²) in [6.07, 6.45) is 3.28. The van der Waals surface area contributed by atoms with Crippen molar-refractivity contribution in [3.63, 3.8) is 0 Å². The molecule has 1 spiro atoms. The molecule has 5 rings (SSSR count). The number of piperidine rings is 1. The monoisotopic (exact) mass is 399 g/mol. The molecule has 2 aliphatic heterocycles. The fraction of sp³-hybridized carbons (Fsp3) is 0.545. The van der Waals surface area contributed by atoms with Gasteiger partial charge in [-0.2, -0.15) is 0 Å². The van der Waals surface area contributed by atoms with Crippen LogP contribution in [0.5, 0.6) is 11.5 Å². The van der Waals surface area contributed by atoms with Gasteiger partial charge in [0.2, 0.25) is 0 Å². The van der Waals surface area contributed by atoms with Crippen LogP contribution < -0.4 is 9.47 Å². The minimum absolute atomic E-state index is 0.00761. The van der Waals surface area contributed by atoms with Crippen molar-refractivity contribution in [2.75, 3.05) is 20.7 Å². The molecule has 1 fully saturated rings. The number of carbonyl (C=O) groups excluding carboxylic acids is 2. The zero-order valence-corrected chi connectivity index (χ0v) is 17.1. The second-order valence-corrected chi connectivity index (χ2v) is 8.44. The molecule has 0 radical (unpaired) electrons. The highest BCUT2D eigenvalue weighted by Gasteiger charge is 2.74. The second-order valence-electron chi connectivity index (χ2n) is 8.44. The Hall–Kier alpha value is -2.54. The van der Waals surface area contributed by atoms with Crippen molar-refractivity contribution in [1.29, 1.82) is 0 Å². The van der Waals surface area contributed by atoms with Gasteiger partial charge in [0.15, 0.2) is 17.6 Å². The molecule has 0 N–H and O–H groups in total. The number of carbonyl (C=O) groups is 2. The standard InChI is InChI=1S/C22H25NO6/c1-12(24)27-16-7-8-22(29-13(2)25)17-11-14-5-6-15(26-4)19-18(14)21(22,20(16)28-19)9-10-23(17)3/h5-7,17,20H,8-11H2,1-4H3/t17-,20+,21+,22-/m1/s1.